The maximum absolute atomic E-state index is 12.7. The van der Waals surface area contributed by atoms with Crippen LogP contribution in [0.1, 0.15) is 27.0 Å². The average Bonchev–Trinajstić information content (AvgIpc) is 2.53. The molecule has 122 valence electrons. The van der Waals surface area contributed by atoms with Gasteiger partial charge in [0.1, 0.15) is 16.7 Å². The molecule has 24 heavy (non-hydrogen) atoms. The number of rotatable bonds is 3. The first-order valence-corrected chi connectivity index (χ1v) is 6.89. The predicted molar refractivity (Wildman–Crippen MR) is 84.3 cm³/mol. The number of nitro benzene ring substituents is 1. The Hall–Kier alpha value is -3.18. The number of aromatic nitrogens is 1. The van der Waals surface area contributed by atoms with Gasteiger partial charge in [0.25, 0.3) is 11.2 Å². The van der Waals surface area contributed by atoms with Gasteiger partial charge in [-0.25, -0.2) is 0 Å². The van der Waals surface area contributed by atoms with E-state index in [4.69, 9.17) is 16.9 Å². The molecule has 1 aromatic heterocycles. The Morgan fingerprint density at radius 1 is 1.46 bits per heavy atom. The minimum Gasteiger partial charge on any atom is -0.494 e. The van der Waals surface area contributed by atoms with Crippen LogP contribution < -0.4 is 5.56 Å². The number of benzene rings is 1. The lowest BCUT2D eigenvalue weighted by atomic mass is 9.97. The molecule has 2 aromatic rings. The zero-order chi connectivity index (χ0) is 18.2. The molecule has 0 aliphatic rings. The first kappa shape index (κ1) is 17.2. The van der Waals surface area contributed by atoms with Gasteiger partial charge < -0.3 is 5.11 Å². The van der Waals surface area contributed by atoms with Crippen LogP contribution in [0.3, 0.4) is 0 Å². The van der Waals surface area contributed by atoms with Crippen molar-refractivity contribution < 1.29 is 14.8 Å². The summed E-state index contributed by atoms with van der Waals surface area (Å²) >= 11 is 5.71. The number of hydrogen-bond acceptors (Lipinski definition) is 6. The van der Waals surface area contributed by atoms with Crippen molar-refractivity contribution in [2.45, 2.75) is 6.92 Å². The van der Waals surface area contributed by atoms with E-state index in [1.165, 1.54) is 26.1 Å². The molecule has 0 unspecified atom stereocenters. The first-order valence-electron chi connectivity index (χ1n) is 6.52. The second-order valence-electron chi connectivity index (χ2n) is 4.93. The number of nitrogens with zero attached hydrogens (tertiary/aromatic N) is 3. The van der Waals surface area contributed by atoms with Gasteiger partial charge in [0.15, 0.2) is 5.78 Å². The van der Waals surface area contributed by atoms with Crippen LogP contribution in [-0.4, -0.2) is 20.4 Å². The Bertz CT molecular complexity index is 988. The van der Waals surface area contributed by atoms with Crippen LogP contribution in [0.4, 0.5) is 5.69 Å². The van der Waals surface area contributed by atoms with E-state index in [-0.39, 0.29) is 27.3 Å². The molecule has 2 rings (SSSR count). The van der Waals surface area contributed by atoms with Crippen LogP contribution in [0.2, 0.25) is 5.02 Å². The summed E-state index contributed by atoms with van der Waals surface area (Å²) in [5.41, 5.74) is -1.88. The monoisotopic (exact) mass is 347 g/mol. The van der Waals surface area contributed by atoms with E-state index < -0.39 is 27.8 Å². The number of nitro groups is 1. The number of aromatic hydroxyl groups is 1. The summed E-state index contributed by atoms with van der Waals surface area (Å²) in [6.45, 7) is 1.34. The normalized spacial score (nSPS) is 10.2. The Kier molecular flexibility index (Phi) is 4.39. The number of nitriles is 1. The van der Waals surface area contributed by atoms with Crippen molar-refractivity contribution in [3.8, 4) is 11.9 Å². The molecule has 0 spiro atoms. The van der Waals surface area contributed by atoms with Crippen LogP contribution >= 0.6 is 11.6 Å². The van der Waals surface area contributed by atoms with Crippen molar-refractivity contribution >= 4 is 23.1 Å². The van der Waals surface area contributed by atoms with Gasteiger partial charge in [-0.2, -0.15) is 5.26 Å². The van der Waals surface area contributed by atoms with E-state index >= 15 is 0 Å². The van der Waals surface area contributed by atoms with Gasteiger partial charge in [-0.3, -0.25) is 24.3 Å². The summed E-state index contributed by atoms with van der Waals surface area (Å²) in [6.07, 6.45) is 0. The largest absolute Gasteiger partial charge is 0.494 e. The average molecular weight is 348 g/mol. The highest BCUT2D eigenvalue weighted by atomic mass is 35.5. The molecule has 0 saturated heterocycles. The van der Waals surface area contributed by atoms with Gasteiger partial charge in [0, 0.05) is 18.7 Å². The molecule has 0 aliphatic carbocycles. The Morgan fingerprint density at radius 2 is 2.08 bits per heavy atom. The Morgan fingerprint density at radius 3 is 2.62 bits per heavy atom. The highest BCUT2D eigenvalue weighted by molar-refractivity contribution is 6.32. The molecule has 1 heterocycles. The molecule has 0 aliphatic heterocycles. The van der Waals surface area contributed by atoms with E-state index in [1.54, 1.807) is 6.07 Å². The molecule has 0 fully saturated rings. The molecule has 1 N–H and O–H groups in total. The molecule has 0 amide bonds. The lowest BCUT2D eigenvalue weighted by molar-refractivity contribution is -0.384. The third-order valence-corrected chi connectivity index (χ3v) is 3.87. The van der Waals surface area contributed by atoms with Crippen molar-refractivity contribution in [2.24, 2.45) is 7.05 Å². The highest BCUT2D eigenvalue weighted by Crippen LogP contribution is 2.29. The topological polar surface area (TPSA) is 126 Å². The van der Waals surface area contributed by atoms with Crippen molar-refractivity contribution in [3.63, 3.8) is 0 Å². The summed E-state index contributed by atoms with van der Waals surface area (Å²) in [7, 11) is 1.21. The second-order valence-corrected chi connectivity index (χ2v) is 5.33. The molecule has 9 heteroatoms. The van der Waals surface area contributed by atoms with Crippen LogP contribution in [0.5, 0.6) is 5.88 Å². The van der Waals surface area contributed by atoms with Crippen LogP contribution in [-0.2, 0) is 7.05 Å². The number of halogens is 1. The Balaban J connectivity index is 2.75. The molecule has 0 bridgehead atoms. The van der Waals surface area contributed by atoms with E-state index in [0.717, 1.165) is 10.6 Å². The van der Waals surface area contributed by atoms with E-state index in [0.29, 0.717) is 0 Å². The molecule has 8 nitrogen and oxygen atoms in total. The fraction of sp³-hybridized carbons (Fsp3) is 0.133. The number of carbonyl (C=O) groups excluding carboxylic acids is 1. The molecular formula is C15H10ClN3O5. The van der Waals surface area contributed by atoms with Crippen LogP contribution in [0, 0.1) is 28.4 Å². The van der Waals surface area contributed by atoms with E-state index in [9.17, 15) is 24.8 Å². The fourth-order valence-electron chi connectivity index (χ4n) is 2.23. The number of ketones is 1. The van der Waals surface area contributed by atoms with Gasteiger partial charge >= 0.3 is 0 Å². The van der Waals surface area contributed by atoms with Crippen molar-refractivity contribution in [1.29, 1.82) is 5.26 Å². The third-order valence-electron chi connectivity index (χ3n) is 3.55. The molecule has 1 aromatic carbocycles. The summed E-state index contributed by atoms with van der Waals surface area (Å²) in [5, 5.41) is 30.0. The van der Waals surface area contributed by atoms with Crippen LogP contribution in [0.25, 0.3) is 0 Å². The minimum absolute atomic E-state index is 0.000651. The predicted octanol–water partition coefficient (Wildman–Crippen LogP) is 2.06. The molecular weight excluding hydrogens is 338 g/mol. The van der Waals surface area contributed by atoms with E-state index in [1.807, 2.05) is 0 Å². The number of carbonyl (C=O) groups is 1. The van der Waals surface area contributed by atoms with Gasteiger partial charge in [0.2, 0.25) is 5.88 Å². The van der Waals surface area contributed by atoms with Crippen molar-refractivity contribution in [3.05, 3.63) is 65.9 Å². The minimum atomic E-state index is -0.767. The maximum atomic E-state index is 12.7. The quantitative estimate of drug-likeness (QED) is 0.514. The second kappa shape index (κ2) is 6.14. The number of pyridine rings is 1. The standard InChI is InChI=1S/C15H10ClN3O5/c1-7-9(6-17)14(21)18(2)15(22)12(7)13(20)8-3-4-10(16)11(5-8)19(23)24/h3-5,22H,1-2H3. The van der Waals surface area contributed by atoms with Gasteiger partial charge in [-0.1, -0.05) is 11.6 Å². The zero-order valence-corrected chi connectivity index (χ0v) is 13.3. The lowest BCUT2D eigenvalue weighted by Gasteiger charge is -2.12. The van der Waals surface area contributed by atoms with Crippen molar-refractivity contribution in [1.82, 2.24) is 4.57 Å². The van der Waals surface area contributed by atoms with Gasteiger partial charge in [-0.05, 0) is 24.6 Å². The van der Waals surface area contributed by atoms with Gasteiger partial charge in [-0.15, -0.1) is 0 Å². The molecule has 0 radical (unpaired) electrons. The molecule has 0 atom stereocenters. The van der Waals surface area contributed by atoms with Gasteiger partial charge in [0.05, 0.1) is 10.5 Å². The Labute approximate surface area is 140 Å². The zero-order valence-electron chi connectivity index (χ0n) is 12.5. The van der Waals surface area contributed by atoms with Crippen molar-refractivity contribution in [2.75, 3.05) is 0 Å². The fourth-order valence-corrected chi connectivity index (χ4v) is 2.41. The first-order chi connectivity index (χ1) is 11.2. The van der Waals surface area contributed by atoms with Crippen LogP contribution in [0.15, 0.2) is 23.0 Å². The smallest absolute Gasteiger partial charge is 0.288 e. The summed E-state index contributed by atoms with van der Waals surface area (Å²) in [4.78, 5) is 34.8. The third kappa shape index (κ3) is 2.61. The maximum Gasteiger partial charge on any atom is 0.288 e. The highest BCUT2D eigenvalue weighted by Gasteiger charge is 2.25. The summed E-state index contributed by atoms with van der Waals surface area (Å²) in [6, 6.07) is 5.11. The summed E-state index contributed by atoms with van der Waals surface area (Å²) < 4.78 is 0.767. The SMILES string of the molecule is Cc1c(C(=O)c2ccc(Cl)c([N+](=O)[O-])c2)c(O)n(C)c(=O)c1C#N. The molecule has 0 saturated carbocycles. The lowest BCUT2D eigenvalue weighted by Crippen LogP contribution is -2.24. The number of hydrogen-bond donors (Lipinski definition) is 1. The van der Waals surface area contributed by atoms with E-state index in [2.05, 4.69) is 0 Å². The summed E-state index contributed by atoms with van der Waals surface area (Å²) in [5.74, 6) is -1.39.